The summed E-state index contributed by atoms with van der Waals surface area (Å²) >= 11 is 0. The third-order valence-corrected chi connectivity index (χ3v) is 2.57. The van der Waals surface area contributed by atoms with Gasteiger partial charge in [-0.05, 0) is 10.8 Å². The SMILES string of the molecule is [CH2-]CN(C[CH2-])c1[nH][n+](=O)c2ccccc2[n+]1O. The molecule has 0 fully saturated rings. The molecule has 2 N–H and O–H groups in total. The molecule has 2 rings (SSSR count). The molecule has 0 aliphatic heterocycles. The molecule has 0 bridgehead atoms. The number of anilines is 1. The summed E-state index contributed by atoms with van der Waals surface area (Å²) in [7, 11) is 0. The Kier molecular flexibility index (Phi) is 2.95. The lowest BCUT2D eigenvalue weighted by Gasteiger charge is -2.18. The average molecular weight is 234 g/mol. The van der Waals surface area contributed by atoms with Crippen LogP contribution < -0.4 is 14.2 Å². The second-order valence-electron chi connectivity index (χ2n) is 3.52. The van der Waals surface area contributed by atoms with Crippen molar-refractivity contribution in [2.75, 3.05) is 18.0 Å². The van der Waals surface area contributed by atoms with E-state index in [0.717, 1.165) is 4.73 Å². The van der Waals surface area contributed by atoms with Crippen LogP contribution in [0.2, 0.25) is 0 Å². The Morgan fingerprint density at radius 3 is 2.41 bits per heavy atom. The third-order valence-electron chi connectivity index (χ3n) is 2.57. The van der Waals surface area contributed by atoms with E-state index in [9.17, 15) is 10.1 Å². The summed E-state index contributed by atoms with van der Waals surface area (Å²) in [4.78, 5) is 13.4. The van der Waals surface area contributed by atoms with Gasteiger partial charge in [0.05, 0.1) is 4.91 Å². The Bertz CT molecular complexity index is 590. The molecule has 17 heavy (non-hydrogen) atoms. The van der Waals surface area contributed by atoms with Crippen LogP contribution in [0.5, 0.6) is 0 Å². The fraction of sp³-hybridized carbons (Fsp3) is 0.182. The van der Waals surface area contributed by atoms with Crippen LogP contribution in [0.15, 0.2) is 24.3 Å². The zero-order valence-corrected chi connectivity index (χ0v) is 9.33. The maximum absolute atomic E-state index is 11.8. The zero-order valence-electron chi connectivity index (χ0n) is 9.33. The minimum atomic E-state index is 0.253. The molecular formula is C11H14N4O2. The van der Waals surface area contributed by atoms with Crippen LogP contribution in [-0.2, 0) is 0 Å². The number of nitrogens with zero attached hydrogens (tertiary/aromatic N) is 3. The van der Waals surface area contributed by atoms with Gasteiger partial charge in [0.25, 0.3) is 0 Å². The maximum Gasteiger partial charge on any atom is 0.446 e. The number of hydrogen-bond donors (Lipinski definition) is 2. The minimum absolute atomic E-state index is 0.253. The molecule has 2 aromatic rings. The van der Waals surface area contributed by atoms with Crippen molar-refractivity contribution in [1.82, 2.24) is 5.10 Å². The minimum Gasteiger partial charge on any atom is -0.371 e. The van der Waals surface area contributed by atoms with Crippen molar-refractivity contribution < 1.29 is 14.5 Å². The Balaban J connectivity index is 2.75. The second kappa shape index (κ2) is 4.40. The van der Waals surface area contributed by atoms with Crippen molar-refractivity contribution in [3.05, 3.63) is 43.0 Å². The number of nitrogens with one attached hydrogen (secondary N) is 1. The van der Waals surface area contributed by atoms with E-state index in [-0.39, 0.29) is 5.95 Å². The summed E-state index contributed by atoms with van der Waals surface area (Å²) in [6.45, 7) is 8.20. The van der Waals surface area contributed by atoms with Gasteiger partial charge in [0, 0.05) is 11.2 Å². The van der Waals surface area contributed by atoms with Crippen LogP contribution in [0.25, 0.3) is 11.0 Å². The highest BCUT2D eigenvalue weighted by molar-refractivity contribution is 5.66. The summed E-state index contributed by atoms with van der Waals surface area (Å²) < 4.78 is 1.54. The van der Waals surface area contributed by atoms with Gasteiger partial charge in [0.1, 0.15) is 0 Å². The molecule has 0 aliphatic rings. The number of hydrogen-bond acceptors (Lipinski definition) is 3. The lowest BCUT2D eigenvalue weighted by molar-refractivity contribution is -0.882. The first-order chi connectivity index (χ1) is 8.19. The standard InChI is InChI=1S/C11H13N4O2/c1-3-13(4-2)11-12-15(17)10-8-6-5-7-9(10)14(11)16/h5-8,16H,1-4H2/q-1/p+1. The number of fused-ring (bicyclic) bond motifs is 1. The van der Waals surface area contributed by atoms with Crippen LogP contribution in [0.4, 0.5) is 5.95 Å². The van der Waals surface area contributed by atoms with Gasteiger partial charge in [-0.3, -0.25) is 0 Å². The highest BCUT2D eigenvalue weighted by Crippen LogP contribution is 2.07. The molecule has 1 heterocycles. The zero-order chi connectivity index (χ0) is 12.4. The van der Waals surface area contributed by atoms with Crippen LogP contribution in [0, 0.1) is 18.8 Å². The first-order valence-electron chi connectivity index (χ1n) is 5.21. The lowest BCUT2D eigenvalue weighted by Crippen LogP contribution is -2.46. The molecule has 0 saturated carbocycles. The number of para-hydroxylation sites is 2. The molecule has 0 amide bonds. The van der Waals surface area contributed by atoms with Gasteiger partial charge in [-0.1, -0.05) is 25.2 Å². The molecule has 0 atom stereocenters. The summed E-state index contributed by atoms with van der Waals surface area (Å²) in [6.07, 6.45) is 0. The van der Waals surface area contributed by atoms with Gasteiger partial charge in [-0.25, -0.2) is 0 Å². The molecule has 0 radical (unpaired) electrons. The molecule has 0 spiro atoms. The van der Waals surface area contributed by atoms with Crippen molar-refractivity contribution in [3.63, 3.8) is 0 Å². The topological polar surface area (TPSA) is 66.1 Å². The maximum atomic E-state index is 11.8. The summed E-state index contributed by atoms with van der Waals surface area (Å²) in [5.74, 6) is 0.253. The van der Waals surface area contributed by atoms with Gasteiger partial charge < -0.3 is 24.0 Å². The van der Waals surface area contributed by atoms with Gasteiger partial charge in [-0.2, -0.15) is 0 Å². The van der Waals surface area contributed by atoms with Crippen LogP contribution in [0.3, 0.4) is 0 Å². The molecule has 6 nitrogen and oxygen atoms in total. The van der Waals surface area contributed by atoms with E-state index in [2.05, 4.69) is 18.9 Å². The molecule has 6 heteroatoms. The summed E-state index contributed by atoms with van der Waals surface area (Å²) in [5.41, 5.74) is 0.773. The molecule has 90 valence electrons. The van der Waals surface area contributed by atoms with Crippen molar-refractivity contribution in [1.29, 1.82) is 0 Å². The largest absolute Gasteiger partial charge is 0.446 e. The predicted molar refractivity (Wildman–Crippen MR) is 62.0 cm³/mol. The lowest BCUT2D eigenvalue weighted by atomic mass is 10.3. The van der Waals surface area contributed by atoms with E-state index in [1.54, 1.807) is 29.2 Å². The average Bonchev–Trinajstić information content (AvgIpc) is 2.37. The van der Waals surface area contributed by atoms with E-state index < -0.39 is 0 Å². The number of rotatable bonds is 3. The number of aromatic nitrogens is 3. The van der Waals surface area contributed by atoms with Crippen LogP contribution in [0.1, 0.15) is 0 Å². The first kappa shape index (κ1) is 11.4. The molecule has 1 aromatic heterocycles. The van der Waals surface area contributed by atoms with E-state index in [0.29, 0.717) is 28.7 Å². The van der Waals surface area contributed by atoms with E-state index in [1.807, 2.05) is 0 Å². The van der Waals surface area contributed by atoms with Crippen molar-refractivity contribution >= 4 is 17.0 Å². The highest BCUT2D eigenvalue weighted by atomic mass is 16.5. The van der Waals surface area contributed by atoms with E-state index in [1.165, 1.54) is 0 Å². The second-order valence-corrected chi connectivity index (χ2v) is 3.52. The number of benzene rings is 1. The highest BCUT2D eigenvalue weighted by Gasteiger charge is 2.24. The van der Waals surface area contributed by atoms with E-state index in [4.69, 9.17) is 0 Å². The molecular weight excluding hydrogens is 220 g/mol. The Morgan fingerprint density at radius 1 is 1.24 bits per heavy atom. The van der Waals surface area contributed by atoms with Crippen LogP contribution in [-0.4, -0.2) is 23.4 Å². The Morgan fingerprint density at radius 2 is 1.82 bits per heavy atom. The number of aromatic amines is 1. The predicted octanol–water partition coefficient (Wildman–Crippen LogP) is 0.0818. The fourth-order valence-corrected chi connectivity index (χ4v) is 1.66. The Hall–Kier alpha value is -2.11. The summed E-state index contributed by atoms with van der Waals surface area (Å²) in [5, 5.41) is 12.6. The van der Waals surface area contributed by atoms with Gasteiger partial charge in [0.2, 0.25) is 10.1 Å². The quantitative estimate of drug-likeness (QED) is 0.449. The third kappa shape index (κ3) is 1.82. The molecule has 0 aliphatic carbocycles. The normalized spacial score (nSPS) is 10.7. The molecule has 0 saturated heterocycles. The number of H-pyrrole nitrogens is 1. The monoisotopic (exact) mass is 234 g/mol. The van der Waals surface area contributed by atoms with Crippen molar-refractivity contribution in [2.24, 2.45) is 0 Å². The van der Waals surface area contributed by atoms with Gasteiger partial charge >= 0.3 is 11.5 Å². The van der Waals surface area contributed by atoms with Crippen molar-refractivity contribution in [2.45, 2.75) is 0 Å². The van der Waals surface area contributed by atoms with E-state index >= 15 is 0 Å². The van der Waals surface area contributed by atoms with Crippen molar-refractivity contribution in [3.8, 4) is 0 Å². The molecule has 1 aromatic carbocycles. The van der Waals surface area contributed by atoms with Gasteiger partial charge in [-0.15, -0.1) is 0 Å². The summed E-state index contributed by atoms with van der Waals surface area (Å²) in [6, 6.07) is 6.75. The van der Waals surface area contributed by atoms with Crippen LogP contribution >= 0.6 is 0 Å². The first-order valence-corrected chi connectivity index (χ1v) is 5.21. The molecule has 0 unspecified atom stereocenters. The fourth-order valence-electron chi connectivity index (χ4n) is 1.66. The smallest absolute Gasteiger partial charge is 0.371 e. The Labute approximate surface area is 98.3 Å². The van der Waals surface area contributed by atoms with Gasteiger partial charge in [0.15, 0.2) is 0 Å².